The molecule has 0 bridgehead atoms. The molecule has 0 saturated carbocycles. The van der Waals surface area contributed by atoms with Gasteiger partial charge >= 0.3 is 5.97 Å². The van der Waals surface area contributed by atoms with Crippen LogP contribution in [0.25, 0.3) is 16.9 Å². The number of aromatic nitrogens is 2. The van der Waals surface area contributed by atoms with Gasteiger partial charge in [-0.25, -0.2) is 9.48 Å². The maximum atomic E-state index is 11.6. The number of rotatable bonds is 2. The molecule has 0 unspecified atom stereocenters. The van der Waals surface area contributed by atoms with E-state index in [2.05, 4.69) is 27.1 Å². The van der Waals surface area contributed by atoms with Crippen LogP contribution in [-0.4, -0.2) is 20.9 Å². The zero-order valence-electron chi connectivity index (χ0n) is 11.9. The molecule has 2 aromatic carbocycles. The molecule has 3 aromatic rings. The fourth-order valence-corrected chi connectivity index (χ4v) is 4.29. The molecule has 0 spiro atoms. The lowest BCUT2D eigenvalue weighted by molar-refractivity contribution is 0.0689. The van der Waals surface area contributed by atoms with Crippen molar-refractivity contribution < 1.29 is 9.90 Å². The van der Waals surface area contributed by atoms with Crippen molar-refractivity contribution in [2.45, 2.75) is 10.6 Å². The van der Waals surface area contributed by atoms with E-state index in [0.717, 1.165) is 31.9 Å². The first-order valence-electron chi connectivity index (χ1n) is 6.99. The SMILES string of the molecule is O=C(O)c1nn(-c2ccccc2Br)c2c1CSc1ccccc1-2. The van der Waals surface area contributed by atoms with E-state index in [0.29, 0.717) is 5.75 Å². The largest absolute Gasteiger partial charge is 0.476 e. The Morgan fingerprint density at radius 1 is 1.17 bits per heavy atom. The molecule has 2 heterocycles. The van der Waals surface area contributed by atoms with Crippen molar-refractivity contribution in [3.05, 3.63) is 64.3 Å². The Labute approximate surface area is 145 Å². The number of carboxylic acids is 1. The molecular weight excluding hydrogens is 376 g/mol. The Kier molecular flexibility index (Phi) is 3.50. The van der Waals surface area contributed by atoms with Gasteiger partial charge in [0.25, 0.3) is 0 Å². The number of fused-ring (bicyclic) bond motifs is 3. The standard InChI is InChI=1S/C17H11BrN2O2S/c18-12-6-2-3-7-13(12)20-16-10-5-1-4-8-14(10)23-9-11(16)15(19-20)17(21)22/h1-8H,9H2,(H,21,22). The van der Waals surface area contributed by atoms with Crippen LogP contribution >= 0.6 is 27.7 Å². The fraction of sp³-hybridized carbons (Fsp3) is 0.0588. The van der Waals surface area contributed by atoms with Crippen LogP contribution < -0.4 is 0 Å². The van der Waals surface area contributed by atoms with Crippen LogP contribution in [0.3, 0.4) is 0 Å². The monoisotopic (exact) mass is 386 g/mol. The highest BCUT2D eigenvalue weighted by molar-refractivity contribution is 9.10. The van der Waals surface area contributed by atoms with Crippen molar-refractivity contribution in [2.75, 3.05) is 0 Å². The van der Waals surface area contributed by atoms with E-state index >= 15 is 0 Å². The number of hydrogen-bond acceptors (Lipinski definition) is 3. The van der Waals surface area contributed by atoms with Gasteiger partial charge in [0.15, 0.2) is 5.69 Å². The predicted molar refractivity (Wildman–Crippen MR) is 93.2 cm³/mol. The highest BCUT2D eigenvalue weighted by Crippen LogP contribution is 2.44. The van der Waals surface area contributed by atoms with Crippen LogP contribution in [0.2, 0.25) is 0 Å². The van der Waals surface area contributed by atoms with Crippen molar-refractivity contribution in [3.63, 3.8) is 0 Å². The summed E-state index contributed by atoms with van der Waals surface area (Å²) in [6, 6.07) is 15.7. The summed E-state index contributed by atoms with van der Waals surface area (Å²) >= 11 is 5.18. The minimum Gasteiger partial charge on any atom is -0.476 e. The first kappa shape index (κ1) is 14.5. The predicted octanol–water partition coefficient (Wildman–Crippen LogP) is 4.61. The van der Waals surface area contributed by atoms with Crippen LogP contribution in [0.5, 0.6) is 0 Å². The third kappa shape index (κ3) is 2.29. The van der Waals surface area contributed by atoms with Crippen molar-refractivity contribution in [2.24, 2.45) is 0 Å². The molecular formula is C17H11BrN2O2S. The molecule has 4 rings (SSSR count). The van der Waals surface area contributed by atoms with Gasteiger partial charge in [0.1, 0.15) is 0 Å². The second-order valence-electron chi connectivity index (χ2n) is 5.13. The summed E-state index contributed by atoms with van der Waals surface area (Å²) in [6.45, 7) is 0. The topological polar surface area (TPSA) is 55.1 Å². The van der Waals surface area contributed by atoms with Gasteiger partial charge < -0.3 is 5.11 Å². The number of benzene rings is 2. The highest BCUT2D eigenvalue weighted by Gasteiger charge is 2.29. The van der Waals surface area contributed by atoms with Gasteiger partial charge in [-0.05, 0) is 34.1 Å². The average Bonchev–Trinajstić information content (AvgIpc) is 2.95. The fourth-order valence-electron chi connectivity index (χ4n) is 2.77. The summed E-state index contributed by atoms with van der Waals surface area (Å²) in [6.07, 6.45) is 0. The molecule has 0 fully saturated rings. The van der Waals surface area contributed by atoms with E-state index in [9.17, 15) is 9.90 Å². The van der Waals surface area contributed by atoms with Gasteiger partial charge in [0, 0.05) is 26.2 Å². The van der Waals surface area contributed by atoms with Gasteiger partial charge in [0.2, 0.25) is 0 Å². The van der Waals surface area contributed by atoms with Gasteiger partial charge in [-0.15, -0.1) is 11.8 Å². The zero-order chi connectivity index (χ0) is 16.0. The van der Waals surface area contributed by atoms with E-state index in [4.69, 9.17) is 0 Å². The molecule has 1 aromatic heterocycles. The van der Waals surface area contributed by atoms with Gasteiger partial charge in [-0.3, -0.25) is 0 Å². The molecule has 0 amide bonds. The minimum absolute atomic E-state index is 0.123. The summed E-state index contributed by atoms with van der Waals surface area (Å²) in [5, 5.41) is 13.9. The Morgan fingerprint density at radius 3 is 2.70 bits per heavy atom. The van der Waals surface area contributed by atoms with Crippen LogP contribution in [0, 0.1) is 0 Å². The Bertz CT molecular complexity index is 936. The third-order valence-corrected chi connectivity index (χ3v) is 5.55. The smallest absolute Gasteiger partial charge is 0.356 e. The summed E-state index contributed by atoms with van der Waals surface area (Å²) in [5.41, 5.74) is 3.62. The van der Waals surface area contributed by atoms with E-state index < -0.39 is 5.97 Å². The first-order valence-corrected chi connectivity index (χ1v) is 8.77. The molecule has 0 aliphatic carbocycles. The molecule has 0 atom stereocenters. The molecule has 23 heavy (non-hydrogen) atoms. The van der Waals surface area contributed by atoms with Crippen LogP contribution in [0.4, 0.5) is 0 Å². The molecule has 0 saturated heterocycles. The normalized spacial score (nSPS) is 12.6. The van der Waals surface area contributed by atoms with E-state index in [1.165, 1.54) is 0 Å². The van der Waals surface area contributed by atoms with Gasteiger partial charge in [-0.1, -0.05) is 30.3 Å². The highest BCUT2D eigenvalue weighted by atomic mass is 79.9. The van der Waals surface area contributed by atoms with E-state index in [1.807, 2.05) is 42.5 Å². The van der Waals surface area contributed by atoms with E-state index in [1.54, 1.807) is 16.4 Å². The maximum absolute atomic E-state index is 11.6. The summed E-state index contributed by atoms with van der Waals surface area (Å²) in [4.78, 5) is 12.8. The number of carboxylic acid groups (broad SMARTS) is 1. The number of halogens is 1. The molecule has 4 nitrogen and oxygen atoms in total. The first-order chi connectivity index (χ1) is 11.2. The summed E-state index contributed by atoms with van der Waals surface area (Å²) < 4.78 is 2.61. The summed E-state index contributed by atoms with van der Waals surface area (Å²) in [5.74, 6) is -0.384. The zero-order valence-corrected chi connectivity index (χ0v) is 14.3. The van der Waals surface area contributed by atoms with Crippen LogP contribution in [-0.2, 0) is 5.75 Å². The molecule has 1 aliphatic rings. The lowest BCUT2D eigenvalue weighted by Crippen LogP contribution is -2.03. The number of para-hydroxylation sites is 1. The molecule has 1 aliphatic heterocycles. The maximum Gasteiger partial charge on any atom is 0.356 e. The average molecular weight is 387 g/mol. The van der Waals surface area contributed by atoms with Crippen molar-refractivity contribution in [3.8, 4) is 16.9 Å². The van der Waals surface area contributed by atoms with Crippen molar-refractivity contribution >= 4 is 33.7 Å². The van der Waals surface area contributed by atoms with Crippen LogP contribution in [0.1, 0.15) is 16.1 Å². The summed E-state index contributed by atoms with van der Waals surface area (Å²) in [7, 11) is 0. The van der Waals surface area contributed by atoms with Crippen LogP contribution in [0.15, 0.2) is 57.9 Å². The second kappa shape index (κ2) is 5.54. The Balaban J connectivity index is 2.06. The quantitative estimate of drug-likeness (QED) is 0.698. The van der Waals surface area contributed by atoms with Crippen molar-refractivity contribution in [1.82, 2.24) is 9.78 Å². The lowest BCUT2D eigenvalue weighted by atomic mass is 10.1. The lowest BCUT2D eigenvalue weighted by Gasteiger charge is -2.18. The molecule has 1 N–H and O–H groups in total. The Morgan fingerprint density at radius 2 is 1.91 bits per heavy atom. The second-order valence-corrected chi connectivity index (χ2v) is 7.00. The minimum atomic E-state index is -0.993. The number of nitrogens with zero attached hydrogens (tertiary/aromatic N) is 2. The Hall–Kier alpha value is -2.05. The molecule has 0 radical (unpaired) electrons. The number of aromatic carboxylic acids is 1. The van der Waals surface area contributed by atoms with Gasteiger partial charge in [0.05, 0.1) is 11.4 Å². The van der Waals surface area contributed by atoms with E-state index in [-0.39, 0.29) is 5.69 Å². The van der Waals surface area contributed by atoms with Gasteiger partial charge in [-0.2, -0.15) is 5.10 Å². The number of carbonyl (C=O) groups is 1. The van der Waals surface area contributed by atoms with Crippen molar-refractivity contribution in [1.29, 1.82) is 0 Å². The number of thioether (sulfide) groups is 1. The number of hydrogen-bond donors (Lipinski definition) is 1. The molecule has 114 valence electrons. The third-order valence-electron chi connectivity index (χ3n) is 3.78. The molecule has 6 heteroatoms.